The van der Waals surface area contributed by atoms with Crippen molar-refractivity contribution in [2.45, 2.75) is 26.8 Å². The van der Waals surface area contributed by atoms with Gasteiger partial charge in [-0.3, -0.25) is 4.90 Å². The van der Waals surface area contributed by atoms with Crippen LogP contribution in [0.2, 0.25) is 5.02 Å². The third kappa shape index (κ3) is 5.02. The van der Waals surface area contributed by atoms with E-state index in [-0.39, 0.29) is 0 Å². The summed E-state index contributed by atoms with van der Waals surface area (Å²) >= 11 is 11.1. The first-order chi connectivity index (χ1) is 8.02. The summed E-state index contributed by atoms with van der Waals surface area (Å²) in [6.07, 6.45) is 0.757. The van der Waals surface area contributed by atoms with Crippen molar-refractivity contribution in [2.24, 2.45) is 5.73 Å². The summed E-state index contributed by atoms with van der Waals surface area (Å²) in [4.78, 5) is 2.86. The van der Waals surface area contributed by atoms with Crippen molar-refractivity contribution in [2.75, 3.05) is 13.1 Å². The SMILES string of the molecule is CCN(CCC(N)=S)Cc1ccc(C)cc1Cl. The van der Waals surface area contributed by atoms with Crippen LogP contribution in [0.3, 0.4) is 0 Å². The number of hydrogen-bond acceptors (Lipinski definition) is 2. The van der Waals surface area contributed by atoms with Crippen LogP contribution in [0, 0.1) is 6.92 Å². The van der Waals surface area contributed by atoms with Crippen LogP contribution < -0.4 is 5.73 Å². The molecule has 0 amide bonds. The van der Waals surface area contributed by atoms with E-state index in [2.05, 4.69) is 24.0 Å². The van der Waals surface area contributed by atoms with Gasteiger partial charge in [-0.25, -0.2) is 0 Å². The topological polar surface area (TPSA) is 29.3 Å². The van der Waals surface area contributed by atoms with Gasteiger partial charge in [-0.2, -0.15) is 0 Å². The summed E-state index contributed by atoms with van der Waals surface area (Å²) < 4.78 is 0. The molecular weight excluding hydrogens is 252 g/mol. The third-order valence-corrected chi connectivity index (χ3v) is 3.28. The molecule has 0 spiro atoms. The summed E-state index contributed by atoms with van der Waals surface area (Å²) in [6, 6.07) is 6.17. The number of benzene rings is 1. The Morgan fingerprint density at radius 1 is 1.47 bits per heavy atom. The lowest BCUT2D eigenvalue weighted by atomic mass is 10.1. The number of halogens is 1. The molecule has 0 radical (unpaired) electrons. The Kier molecular flexibility index (Phi) is 5.89. The molecule has 0 saturated heterocycles. The van der Waals surface area contributed by atoms with Gasteiger partial charge < -0.3 is 5.73 Å². The minimum Gasteiger partial charge on any atom is -0.393 e. The number of thiocarbonyl (C=S) groups is 1. The first-order valence-corrected chi connectivity index (χ1v) is 6.57. The van der Waals surface area contributed by atoms with Crippen molar-refractivity contribution in [1.29, 1.82) is 0 Å². The van der Waals surface area contributed by atoms with Crippen LogP contribution in [0.15, 0.2) is 18.2 Å². The van der Waals surface area contributed by atoms with Crippen LogP contribution in [0.4, 0.5) is 0 Å². The predicted octanol–water partition coefficient (Wildman–Crippen LogP) is 3.15. The van der Waals surface area contributed by atoms with Crippen LogP contribution in [0.1, 0.15) is 24.5 Å². The Morgan fingerprint density at radius 2 is 2.18 bits per heavy atom. The molecule has 94 valence electrons. The lowest BCUT2D eigenvalue weighted by Gasteiger charge is -2.20. The number of hydrogen-bond donors (Lipinski definition) is 1. The smallest absolute Gasteiger partial charge is 0.0740 e. The predicted molar refractivity (Wildman–Crippen MR) is 78.5 cm³/mol. The van der Waals surface area contributed by atoms with Gasteiger partial charge in [0.2, 0.25) is 0 Å². The lowest BCUT2D eigenvalue weighted by Crippen LogP contribution is -2.27. The fourth-order valence-corrected chi connectivity index (χ4v) is 2.02. The monoisotopic (exact) mass is 270 g/mol. The van der Waals surface area contributed by atoms with Crippen molar-refractivity contribution in [3.63, 3.8) is 0 Å². The molecule has 0 aliphatic heterocycles. The van der Waals surface area contributed by atoms with E-state index in [1.807, 2.05) is 13.0 Å². The van der Waals surface area contributed by atoms with Gasteiger partial charge in [-0.1, -0.05) is 42.9 Å². The van der Waals surface area contributed by atoms with Gasteiger partial charge in [0.1, 0.15) is 0 Å². The van der Waals surface area contributed by atoms with E-state index < -0.39 is 0 Å². The van der Waals surface area contributed by atoms with E-state index in [1.54, 1.807) is 0 Å². The number of nitrogens with two attached hydrogens (primary N) is 1. The molecule has 0 saturated carbocycles. The zero-order valence-electron chi connectivity index (χ0n) is 10.4. The molecule has 0 aromatic heterocycles. The molecule has 1 aromatic rings. The summed E-state index contributed by atoms with van der Waals surface area (Å²) in [5.41, 5.74) is 7.86. The van der Waals surface area contributed by atoms with E-state index in [0.717, 1.165) is 36.6 Å². The second kappa shape index (κ2) is 6.94. The molecule has 0 aliphatic carbocycles. The maximum atomic E-state index is 6.22. The second-order valence-corrected chi connectivity index (χ2v) is 5.11. The number of nitrogens with zero attached hydrogens (tertiary/aromatic N) is 1. The Labute approximate surface area is 114 Å². The van der Waals surface area contributed by atoms with Gasteiger partial charge in [-0.05, 0) is 30.7 Å². The van der Waals surface area contributed by atoms with Crippen LogP contribution >= 0.6 is 23.8 Å². The molecule has 0 fully saturated rings. The van der Waals surface area contributed by atoms with Crippen molar-refractivity contribution >= 4 is 28.8 Å². The summed E-state index contributed by atoms with van der Waals surface area (Å²) in [5, 5.41) is 0.832. The van der Waals surface area contributed by atoms with Crippen molar-refractivity contribution in [1.82, 2.24) is 4.90 Å². The fourth-order valence-electron chi connectivity index (χ4n) is 1.64. The van der Waals surface area contributed by atoms with Gasteiger partial charge in [0.15, 0.2) is 0 Å². The van der Waals surface area contributed by atoms with E-state index in [4.69, 9.17) is 29.6 Å². The molecule has 0 unspecified atom stereocenters. The molecule has 1 aromatic carbocycles. The summed E-state index contributed by atoms with van der Waals surface area (Å²) in [6.45, 7) is 6.86. The minimum absolute atomic E-state index is 0.568. The first-order valence-electron chi connectivity index (χ1n) is 5.78. The zero-order chi connectivity index (χ0) is 12.8. The normalized spacial score (nSPS) is 10.8. The highest BCUT2D eigenvalue weighted by Crippen LogP contribution is 2.19. The second-order valence-electron chi connectivity index (χ2n) is 4.18. The van der Waals surface area contributed by atoms with Gasteiger partial charge in [0.05, 0.1) is 4.99 Å². The number of aryl methyl sites for hydroxylation is 1. The zero-order valence-corrected chi connectivity index (χ0v) is 11.9. The molecule has 2 nitrogen and oxygen atoms in total. The largest absolute Gasteiger partial charge is 0.393 e. The summed E-state index contributed by atoms with van der Waals surface area (Å²) in [5.74, 6) is 0. The van der Waals surface area contributed by atoms with Gasteiger partial charge >= 0.3 is 0 Å². The highest BCUT2D eigenvalue weighted by atomic mass is 35.5. The summed E-state index contributed by atoms with van der Waals surface area (Å²) in [7, 11) is 0. The minimum atomic E-state index is 0.568. The van der Waals surface area contributed by atoms with E-state index >= 15 is 0 Å². The third-order valence-electron chi connectivity index (χ3n) is 2.72. The van der Waals surface area contributed by atoms with E-state index in [0.29, 0.717) is 4.99 Å². The molecule has 2 N–H and O–H groups in total. The van der Waals surface area contributed by atoms with Gasteiger partial charge in [0, 0.05) is 24.5 Å². The maximum absolute atomic E-state index is 6.22. The maximum Gasteiger partial charge on any atom is 0.0740 e. The van der Waals surface area contributed by atoms with Crippen LogP contribution in [-0.2, 0) is 6.54 Å². The van der Waals surface area contributed by atoms with Gasteiger partial charge in [0.25, 0.3) is 0 Å². The fraction of sp³-hybridized carbons (Fsp3) is 0.462. The molecule has 17 heavy (non-hydrogen) atoms. The van der Waals surface area contributed by atoms with Crippen molar-refractivity contribution in [3.05, 3.63) is 34.3 Å². The molecule has 0 aliphatic rings. The van der Waals surface area contributed by atoms with E-state index in [9.17, 15) is 0 Å². The van der Waals surface area contributed by atoms with Crippen LogP contribution in [0.5, 0.6) is 0 Å². The molecule has 1 rings (SSSR count). The Bertz CT molecular complexity index is 393. The average Bonchev–Trinajstić information content (AvgIpc) is 2.26. The lowest BCUT2D eigenvalue weighted by molar-refractivity contribution is 0.289. The standard InChI is InChI=1S/C13H19ClN2S/c1-3-16(7-6-13(15)17)9-11-5-4-10(2)8-12(11)14/h4-5,8H,3,6-7,9H2,1-2H3,(H2,15,17). The first kappa shape index (κ1) is 14.4. The Morgan fingerprint density at radius 3 is 2.71 bits per heavy atom. The molecule has 0 bridgehead atoms. The highest BCUT2D eigenvalue weighted by molar-refractivity contribution is 7.80. The molecule has 0 heterocycles. The Hall–Kier alpha value is -0.640. The van der Waals surface area contributed by atoms with E-state index in [1.165, 1.54) is 5.56 Å². The Balaban J connectivity index is 2.63. The average molecular weight is 271 g/mol. The number of rotatable bonds is 6. The van der Waals surface area contributed by atoms with Gasteiger partial charge in [-0.15, -0.1) is 0 Å². The van der Waals surface area contributed by atoms with Crippen molar-refractivity contribution < 1.29 is 0 Å². The highest BCUT2D eigenvalue weighted by Gasteiger charge is 2.07. The van der Waals surface area contributed by atoms with Crippen LogP contribution in [-0.4, -0.2) is 23.0 Å². The quantitative estimate of drug-likeness (QED) is 0.806. The molecule has 4 heteroatoms. The molecule has 0 atom stereocenters. The van der Waals surface area contributed by atoms with Crippen LogP contribution in [0.25, 0.3) is 0 Å². The molecular formula is C13H19ClN2S. The van der Waals surface area contributed by atoms with Crippen molar-refractivity contribution in [3.8, 4) is 0 Å².